The fourth-order valence-corrected chi connectivity index (χ4v) is 5.04. The summed E-state index contributed by atoms with van der Waals surface area (Å²) in [5.41, 5.74) is 15.8. The van der Waals surface area contributed by atoms with Gasteiger partial charge in [-0.25, -0.2) is 0 Å². The van der Waals surface area contributed by atoms with Crippen LogP contribution in [-0.4, -0.2) is 10.2 Å². The molecule has 6 heteroatoms. The smallest absolute Gasteiger partial charge is 0.220 e. The molecule has 0 fully saturated rings. The molecular formula is C32H39NO4W. The summed E-state index contributed by atoms with van der Waals surface area (Å²) >= 11 is 0. The summed E-state index contributed by atoms with van der Waals surface area (Å²) in [6.07, 6.45) is 1.70. The van der Waals surface area contributed by atoms with E-state index in [1.165, 1.54) is 46.0 Å². The zero-order valence-corrected chi connectivity index (χ0v) is 26.3. The third-order valence-electron chi connectivity index (χ3n) is 7.43. The van der Waals surface area contributed by atoms with E-state index in [4.69, 9.17) is 5.73 Å². The molecular weight excluding hydrogens is 646 g/mol. The van der Waals surface area contributed by atoms with Gasteiger partial charge in [-0.3, -0.25) is 9.59 Å². The topological polar surface area (TPSA) is 101 Å². The van der Waals surface area contributed by atoms with Gasteiger partial charge in [0, 0.05) is 27.1 Å². The summed E-state index contributed by atoms with van der Waals surface area (Å²) in [6.45, 7) is 14.6. The Hall–Kier alpha value is -2.75. The minimum Gasteiger partial charge on any atom is -0.504 e. The molecule has 4 N–H and O–H groups in total. The Kier molecular flexibility index (Phi) is 10.7. The van der Waals surface area contributed by atoms with Crippen molar-refractivity contribution in [3.63, 3.8) is 0 Å². The number of aryl methyl sites for hydroxylation is 2. The van der Waals surface area contributed by atoms with Crippen LogP contribution in [0, 0.1) is 20.8 Å². The number of fused-ring (bicyclic) bond motifs is 3. The Morgan fingerprint density at radius 3 is 1.92 bits per heavy atom. The molecule has 1 aliphatic rings. The maximum atomic E-state index is 12.0. The average molecular weight is 686 g/mol. The molecule has 0 heterocycles. The van der Waals surface area contributed by atoms with Crippen LogP contribution >= 0.6 is 0 Å². The molecule has 0 amide bonds. The fraction of sp³-hybridized carbons (Fsp3) is 0.375. The molecule has 3 aromatic carbocycles. The maximum Gasteiger partial charge on any atom is 0.220 e. The molecule has 3 aromatic rings. The first-order valence-electron chi connectivity index (χ1n) is 12.9. The molecule has 0 aliphatic heterocycles. The second kappa shape index (κ2) is 12.9. The number of aromatic hydroxyl groups is 2. The molecule has 0 aromatic heterocycles. The SMILES string of the molecule is CC(C)c1ccc(O)c(=O)cc1C(C)C.Cc1cc2c(c(C)c1C)-c1ccc(O)c(=O)cc1C(N)CC2.[W]. The normalized spacial score (nSPS) is 14.0. The zero-order chi connectivity index (χ0) is 27.6. The second-order valence-electron chi connectivity index (χ2n) is 10.7. The van der Waals surface area contributed by atoms with Crippen molar-refractivity contribution in [1.82, 2.24) is 0 Å². The summed E-state index contributed by atoms with van der Waals surface area (Å²) in [4.78, 5) is 23.4. The van der Waals surface area contributed by atoms with Crippen LogP contribution in [0.15, 0.2) is 52.1 Å². The Bertz CT molecular complexity index is 1450. The number of hydrogen-bond donors (Lipinski definition) is 3. The van der Waals surface area contributed by atoms with E-state index >= 15 is 0 Å². The Labute approximate surface area is 240 Å². The van der Waals surface area contributed by atoms with Crippen molar-refractivity contribution < 1.29 is 31.3 Å². The quantitative estimate of drug-likeness (QED) is 0.295. The van der Waals surface area contributed by atoms with Gasteiger partial charge >= 0.3 is 0 Å². The second-order valence-corrected chi connectivity index (χ2v) is 10.7. The molecule has 202 valence electrons. The third kappa shape index (κ3) is 6.62. The molecule has 4 rings (SSSR count). The fourth-order valence-electron chi connectivity index (χ4n) is 5.04. The van der Waals surface area contributed by atoms with Crippen LogP contribution in [0.2, 0.25) is 0 Å². The third-order valence-corrected chi connectivity index (χ3v) is 7.43. The van der Waals surface area contributed by atoms with E-state index in [-0.39, 0.29) is 49.5 Å². The van der Waals surface area contributed by atoms with Gasteiger partial charge in [-0.05, 0) is 120 Å². The summed E-state index contributed by atoms with van der Waals surface area (Å²) in [5.74, 6) is 0.239. The Morgan fingerprint density at radius 1 is 0.789 bits per heavy atom. The van der Waals surface area contributed by atoms with Crippen molar-refractivity contribution in [2.75, 3.05) is 0 Å². The van der Waals surface area contributed by atoms with Crippen molar-refractivity contribution in [2.24, 2.45) is 5.73 Å². The van der Waals surface area contributed by atoms with E-state index in [0.29, 0.717) is 11.8 Å². The van der Waals surface area contributed by atoms with Crippen LogP contribution in [0.1, 0.15) is 90.9 Å². The molecule has 1 atom stereocenters. The van der Waals surface area contributed by atoms with E-state index < -0.39 is 0 Å². The number of hydrogen-bond acceptors (Lipinski definition) is 5. The van der Waals surface area contributed by atoms with Crippen LogP contribution in [0.3, 0.4) is 0 Å². The first-order chi connectivity index (χ1) is 17.3. The van der Waals surface area contributed by atoms with Crippen molar-refractivity contribution in [2.45, 2.75) is 79.2 Å². The van der Waals surface area contributed by atoms with Gasteiger partial charge in [-0.1, -0.05) is 45.9 Å². The first-order valence-corrected chi connectivity index (χ1v) is 12.9. The van der Waals surface area contributed by atoms with Gasteiger partial charge in [0.25, 0.3) is 0 Å². The summed E-state index contributed by atoms with van der Waals surface area (Å²) in [7, 11) is 0. The van der Waals surface area contributed by atoms with E-state index in [0.717, 1.165) is 35.1 Å². The maximum absolute atomic E-state index is 12.0. The Balaban J connectivity index is 0.000000280. The van der Waals surface area contributed by atoms with E-state index in [2.05, 4.69) is 54.5 Å². The van der Waals surface area contributed by atoms with Crippen molar-refractivity contribution in [1.29, 1.82) is 0 Å². The minimum absolute atomic E-state index is 0. The molecule has 5 nitrogen and oxygen atoms in total. The van der Waals surface area contributed by atoms with Gasteiger partial charge in [-0.2, -0.15) is 0 Å². The monoisotopic (exact) mass is 685 g/mol. The summed E-state index contributed by atoms with van der Waals surface area (Å²) in [5, 5.41) is 19.1. The van der Waals surface area contributed by atoms with Crippen LogP contribution < -0.4 is 16.6 Å². The molecule has 0 saturated heterocycles. The number of benzene rings is 1. The summed E-state index contributed by atoms with van der Waals surface area (Å²) < 4.78 is 0. The molecule has 0 spiro atoms. The van der Waals surface area contributed by atoms with Crippen molar-refractivity contribution in [3.8, 4) is 22.6 Å². The number of nitrogens with two attached hydrogens (primary N) is 1. The van der Waals surface area contributed by atoms with Crippen LogP contribution in [-0.2, 0) is 27.5 Å². The van der Waals surface area contributed by atoms with Gasteiger partial charge < -0.3 is 15.9 Å². The minimum atomic E-state index is -0.373. The van der Waals surface area contributed by atoms with Gasteiger partial charge in [0.05, 0.1) is 0 Å². The molecule has 1 aliphatic carbocycles. The standard InChI is InChI=1S/C19H21NO2.C13H18O2.W/c1-10-8-13-4-6-16(20)15-9-18(22)17(21)7-5-14(15)19(13)12(3)11(10)2;1-8(2)10-5-6-12(14)13(15)7-11(10)9(3)4;/h5,7-9,16H,4,6,20H2,1-3H3,(H,21,22);5-9H,1-4H3,(H,14,15);. The predicted octanol–water partition coefficient (Wildman–Crippen LogP) is 6.29. The molecule has 38 heavy (non-hydrogen) atoms. The largest absolute Gasteiger partial charge is 0.504 e. The van der Waals surface area contributed by atoms with Gasteiger partial charge in [0.2, 0.25) is 10.9 Å². The summed E-state index contributed by atoms with van der Waals surface area (Å²) in [6, 6.07) is 11.7. The predicted molar refractivity (Wildman–Crippen MR) is 152 cm³/mol. The first kappa shape index (κ1) is 31.5. The van der Waals surface area contributed by atoms with Gasteiger partial charge in [-0.15, -0.1) is 0 Å². The van der Waals surface area contributed by atoms with Gasteiger partial charge in [0.15, 0.2) is 11.5 Å². The van der Waals surface area contributed by atoms with Gasteiger partial charge in [0.1, 0.15) is 0 Å². The van der Waals surface area contributed by atoms with E-state index in [1.54, 1.807) is 6.07 Å². The average Bonchev–Trinajstić information content (AvgIpc) is 3.14. The number of rotatable bonds is 2. The molecule has 0 saturated carbocycles. The van der Waals surface area contributed by atoms with E-state index in [9.17, 15) is 19.8 Å². The van der Waals surface area contributed by atoms with E-state index in [1.807, 2.05) is 12.1 Å². The Morgan fingerprint density at radius 2 is 1.34 bits per heavy atom. The molecule has 0 radical (unpaired) electrons. The zero-order valence-electron chi connectivity index (χ0n) is 23.4. The molecule has 1 unspecified atom stereocenters. The van der Waals surface area contributed by atoms with Crippen LogP contribution in [0.25, 0.3) is 11.1 Å². The van der Waals surface area contributed by atoms with Crippen LogP contribution in [0.5, 0.6) is 11.5 Å². The molecule has 0 bridgehead atoms. The van der Waals surface area contributed by atoms with Crippen LogP contribution in [0.4, 0.5) is 0 Å². The van der Waals surface area contributed by atoms with Crippen molar-refractivity contribution >= 4 is 0 Å². The van der Waals surface area contributed by atoms with Crippen molar-refractivity contribution in [3.05, 3.63) is 102 Å².